The lowest BCUT2D eigenvalue weighted by Crippen LogP contribution is -2.26. The van der Waals surface area contributed by atoms with E-state index in [1.165, 1.54) is 0 Å². The van der Waals surface area contributed by atoms with E-state index in [-0.39, 0.29) is 11.8 Å². The van der Waals surface area contributed by atoms with Crippen molar-refractivity contribution in [3.8, 4) is 5.75 Å². The van der Waals surface area contributed by atoms with Crippen molar-refractivity contribution in [3.05, 3.63) is 22.7 Å². The first kappa shape index (κ1) is 14.4. The summed E-state index contributed by atoms with van der Waals surface area (Å²) in [5.41, 5.74) is 0.781. The number of amides is 1. The van der Waals surface area contributed by atoms with Gasteiger partial charge in [0.15, 0.2) is 0 Å². The lowest BCUT2D eigenvalue weighted by Gasteiger charge is -2.25. The average Bonchev–Trinajstić information content (AvgIpc) is 2.42. The molecule has 3 nitrogen and oxygen atoms in total. The largest absolute Gasteiger partial charge is 0.497 e. The Morgan fingerprint density at radius 2 is 2.00 bits per heavy atom. The predicted molar refractivity (Wildman–Crippen MR) is 80.4 cm³/mol. The molecule has 1 aromatic rings. The second-order valence-corrected chi connectivity index (χ2v) is 6.15. The van der Waals surface area contributed by atoms with Crippen molar-refractivity contribution in [1.29, 1.82) is 0 Å². The highest BCUT2D eigenvalue weighted by atomic mass is 79.9. The first-order chi connectivity index (χ1) is 9.10. The standard InChI is InChI=1S/C15H20BrNO2/c1-10-3-5-11(6-4-10)15(18)17-14-9-12(19-2)7-8-13(14)16/h7-11H,3-6H2,1-2H3,(H,17,18). The summed E-state index contributed by atoms with van der Waals surface area (Å²) in [6.07, 6.45) is 4.29. The monoisotopic (exact) mass is 325 g/mol. The highest BCUT2D eigenvalue weighted by molar-refractivity contribution is 9.10. The zero-order chi connectivity index (χ0) is 13.8. The Morgan fingerprint density at radius 3 is 2.63 bits per heavy atom. The molecule has 0 aliphatic heterocycles. The van der Waals surface area contributed by atoms with Gasteiger partial charge in [-0.2, -0.15) is 0 Å². The molecule has 1 N–H and O–H groups in total. The molecule has 1 aliphatic rings. The third-order valence-corrected chi connectivity index (χ3v) is 4.51. The minimum atomic E-state index is 0.126. The summed E-state index contributed by atoms with van der Waals surface area (Å²) in [5, 5.41) is 3.00. The van der Waals surface area contributed by atoms with Crippen LogP contribution in [0.3, 0.4) is 0 Å². The second-order valence-electron chi connectivity index (χ2n) is 5.29. The van der Waals surface area contributed by atoms with Gasteiger partial charge in [-0.15, -0.1) is 0 Å². The molecule has 0 spiro atoms. The van der Waals surface area contributed by atoms with Crippen LogP contribution in [0.1, 0.15) is 32.6 Å². The SMILES string of the molecule is COc1ccc(Br)c(NC(=O)C2CCC(C)CC2)c1. The number of carbonyl (C=O) groups is 1. The minimum Gasteiger partial charge on any atom is -0.497 e. The molecular weight excluding hydrogens is 306 g/mol. The van der Waals surface area contributed by atoms with E-state index in [4.69, 9.17) is 4.74 Å². The number of rotatable bonds is 3. The lowest BCUT2D eigenvalue weighted by atomic mass is 9.82. The molecule has 0 bridgehead atoms. The van der Waals surface area contributed by atoms with Gasteiger partial charge >= 0.3 is 0 Å². The van der Waals surface area contributed by atoms with Gasteiger partial charge in [-0.25, -0.2) is 0 Å². The summed E-state index contributed by atoms with van der Waals surface area (Å²) in [6.45, 7) is 2.26. The topological polar surface area (TPSA) is 38.3 Å². The van der Waals surface area contributed by atoms with Gasteiger partial charge in [0.25, 0.3) is 0 Å². The summed E-state index contributed by atoms with van der Waals surface area (Å²) in [7, 11) is 1.62. The fraction of sp³-hybridized carbons (Fsp3) is 0.533. The molecule has 0 aromatic heterocycles. The van der Waals surface area contributed by atoms with Crippen molar-refractivity contribution in [1.82, 2.24) is 0 Å². The molecule has 0 atom stereocenters. The van der Waals surface area contributed by atoms with E-state index in [1.807, 2.05) is 18.2 Å². The van der Waals surface area contributed by atoms with Gasteiger partial charge in [-0.1, -0.05) is 6.92 Å². The number of methoxy groups -OCH3 is 1. The Morgan fingerprint density at radius 1 is 1.32 bits per heavy atom. The zero-order valence-corrected chi connectivity index (χ0v) is 13.0. The number of carbonyl (C=O) groups excluding carboxylic acids is 1. The Kier molecular flexibility index (Phi) is 4.86. The van der Waals surface area contributed by atoms with Crippen LogP contribution in [0.5, 0.6) is 5.75 Å². The van der Waals surface area contributed by atoms with Crippen LogP contribution in [0, 0.1) is 11.8 Å². The van der Waals surface area contributed by atoms with Gasteiger partial charge in [0.1, 0.15) is 5.75 Å². The molecule has 0 unspecified atom stereocenters. The zero-order valence-electron chi connectivity index (χ0n) is 11.4. The van der Waals surface area contributed by atoms with Crippen LogP contribution in [-0.2, 0) is 4.79 Å². The second kappa shape index (κ2) is 6.42. The van der Waals surface area contributed by atoms with Gasteiger partial charge in [0.05, 0.1) is 12.8 Å². The van der Waals surface area contributed by atoms with E-state index >= 15 is 0 Å². The molecule has 1 amide bonds. The summed E-state index contributed by atoms with van der Waals surface area (Å²) in [4.78, 5) is 12.3. The average molecular weight is 326 g/mol. The van der Waals surface area contributed by atoms with E-state index in [0.717, 1.165) is 47.5 Å². The van der Waals surface area contributed by atoms with Gasteiger partial charge in [0, 0.05) is 16.5 Å². The third kappa shape index (κ3) is 3.72. The predicted octanol–water partition coefficient (Wildman–Crippen LogP) is 4.22. The minimum absolute atomic E-state index is 0.126. The molecule has 104 valence electrons. The van der Waals surface area contributed by atoms with Gasteiger partial charge in [0.2, 0.25) is 5.91 Å². The normalized spacial score (nSPS) is 22.9. The van der Waals surface area contributed by atoms with Crippen molar-refractivity contribution in [3.63, 3.8) is 0 Å². The van der Waals surface area contributed by atoms with Crippen LogP contribution in [0.15, 0.2) is 22.7 Å². The number of hydrogen-bond acceptors (Lipinski definition) is 2. The maximum atomic E-state index is 12.3. The fourth-order valence-corrected chi connectivity index (χ4v) is 2.83. The molecule has 0 radical (unpaired) electrons. The van der Waals surface area contributed by atoms with Gasteiger partial charge in [-0.05, 0) is 59.7 Å². The summed E-state index contributed by atoms with van der Waals surface area (Å²) in [5.74, 6) is 1.78. The molecule has 19 heavy (non-hydrogen) atoms. The number of halogens is 1. The molecule has 0 heterocycles. The van der Waals surface area contributed by atoms with Crippen LogP contribution in [0.2, 0.25) is 0 Å². The summed E-state index contributed by atoms with van der Waals surface area (Å²) in [6, 6.07) is 5.59. The Labute approximate surface area is 122 Å². The van der Waals surface area contributed by atoms with Gasteiger partial charge < -0.3 is 10.1 Å². The van der Waals surface area contributed by atoms with Crippen LogP contribution in [-0.4, -0.2) is 13.0 Å². The third-order valence-electron chi connectivity index (χ3n) is 3.82. The number of nitrogens with one attached hydrogen (secondary N) is 1. The molecule has 4 heteroatoms. The van der Waals surface area contributed by atoms with Crippen LogP contribution < -0.4 is 10.1 Å². The number of hydrogen-bond donors (Lipinski definition) is 1. The molecule has 2 rings (SSSR count). The van der Waals surface area contributed by atoms with E-state index in [9.17, 15) is 4.79 Å². The van der Waals surface area contributed by atoms with Crippen LogP contribution >= 0.6 is 15.9 Å². The first-order valence-corrected chi connectivity index (χ1v) is 7.54. The van der Waals surface area contributed by atoms with E-state index in [0.29, 0.717) is 0 Å². The number of ether oxygens (including phenoxy) is 1. The highest BCUT2D eigenvalue weighted by Crippen LogP contribution is 2.31. The molecular formula is C15H20BrNO2. The van der Waals surface area contributed by atoms with E-state index < -0.39 is 0 Å². The van der Waals surface area contributed by atoms with E-state index in [2.05, 4.69) is 28.2 Å². The fourth-order valence-electron chi connectivity index (χ4n) is 2.48. The Hall–Kier alpha value is -1.03. The lowest BCUT2D eigenvalue weighted by molar-refractivity contribution is -0.121. The maximum Gasteiger partial charge on any atom is 0.227 e. The molecule has 1 saturated carbocycles. The molecule has 1 fully saturated rings. The van der Waals surface area contributed by atoms with Crippen molar-refractivity contribution in [2.75, 3.05) is 12.4 Å². The van der Waals surface area contributed by atoms with Crippen LogP contribution in [0.25, 0.3) is 0 Å². The summed E-state index contributed by atoms with van der Waals surface area (Å²) >= 11 is 3.45. The van der Waals surface area contributed by atoms with Crippen LogP contribution in [0.4, 0.5) is 5.69 Å². The van der Waals surface area contributed by atoms with Crippen molar-refractivity contribution < 1.29 is 9.53 Å². The Bertz CT molecular complexity index is 453. The quantitative estimate of drug-likeness (QED) is 0.903. The number of anilines is 1. The van der Waals surface area contributed by atoms with Crippen molar-refractivity contribution in [2.45, 2.75) is 32.6 Å². The molecule has 0 saturated heterocycles. The molecule has 1 aliphatic carbocycles. The Balaban J connectivity index is 2.02. The highest BCUT2D eigenvalue weighted by Gasteiger charge is 2.24. The molecule has 1 aromatic carbocycles. The van der Waals surface area contributed by atoms with E-state index in [1.54, 1.807) is 7.11 Å². The number of benzene rings is 1. The first-order valence-electron chi connectivity index (χ1n) is 6.74. The summed E-state index contributed by atoms with van der Waals surface area (Å²) < 4.78 is 6.06. The smallest absolute Gasteiger partial charge is 0.227 e. The van der Waals surface area contributed by atoms with Crippen molar-refractivity contribution in [2.24, 2.45) is 11.8 Å². The maximum absolute atomic E-state index is 12.3. The van der Waals surface area contributed by atoms with Gasteiger partial charge in [-0.3, -0.25) is 4.79 Å². The van der Waals surface area contributed by atoms with Crippen molar-refractivity contribution >= 4 is 27.5 Å².